The highest BCUT2D eigenvalue weighted by molar-refractivity contribution is 5.75. The van der Waals surface area contributed by atoms with E-state index in [-0.39, 0.29) is 23.0 Å². The highest BCUT2D eigenvalue weighted by Gasteiger charge is 2.45. The fourth-order valence-corrected chi connectivity index (χ4v) is 2.70. The zero-order chi connectivity index (χ0) is 16.6. The highest BCUT2D eigenvalue weighted by Crippen LogP contribution is 2.36. The quantitative estimate of drug-likeness (QED) is 0.808. The Kier molecular flexibility index (Phi) is 10.1. The lowest BCUT2D eigenvalue weighted by Gasteiger charge is -2.51. The maximum absolute atomic E-state index is 11.4. The monoisotopic (exact) mass is 288 g/mol. The van der Waals surface area contributed by atoms with Crippen molar-refractivity contribution in [2.75, 3.05) is 0 Å². The minimum absolute atomic E-state index is 0.0861. The predicted molar refractivity (Wildman–Crippen MR) is 85.9 cm³/mol. The summed E-state index contributed by atoms with van der Waals surface area (Å²) in [5.41, 5.74) is -0.596. The van der Waals surface area contributed by atoms with Crippen molar-refractivity contribution in [3.63, 3.8) is 0 Å². The summed E-state index contributed by atoms with van der Waals surface area (Å²) in [6, 6.07) is 0.154. The molecule has 0 aromatic rings. The molecular weight excluding hydrogens is 252 g/mol. The molecule has 1 aliphatic rings. The lowest BCUT2D eigenvalue weighted by molar-refractivity contribution is -0.246. The van der Waals surface area contributed by atoms with Crippen LogP contribution in [0, 0.1) is 0 Å². The van der Waals surface area contributed by atoms with Gasteiger partial charge < -0.3 is 10.5 Å². The second-order valence-corrected chi connectivity index (χ2v) is 5.96. The Labute approximate surface area is 125 Å². The van der Waals surface area contributed by atoms with Gasteiger partial charge in [-0.15, -0.1) is 0 Å². The molecule has 0 saturated carbocycles. The van der Waals surface area contributed by atoms with Crippen molar-refractivity contribution in [2.45, 2.75) is 98.7 Å². The molecule has 0 aromatic carbocycles. The van der Waals surface area contributed by atoms with Gasteiger partial charge in [0, 0.05) is 23.5 Å². The van der Waals surface area contributed by atoms with Crippen LogP contribution in [0.4, 0.5) is 0 Å². The molecule has 2 N–H and O–H groups in total. The van der Waals surface area contributed by atoms with Crippen molar-refractivity contribution in [3.8, 4) is 0 Å². The van der Waals surface area contributed by atoms with E-state index >= 15 is 0 Å². The minimum atomic E-state index is -0.298. The van der Waals surface area contributed by atoms with Crippen molar-refractivity contribution in [3.05, 3.63) is 0 Å². The molecule has 1 rings (SSSR count). The van der Waals surface area contributed by atoms with Crippen LogP contribution in [-0.4, -0.2) is 33.3 Å². The van der Waals surface area contributed by atoms with Gasteiger partial charge in [-0.2, -0.15) is 5.06 Å². The number of hydrogen-bond donors (Lipinski definition) is 2. The van der Waals surface area contributed by atoms with Crippen LogP contribution in [0.5, 0.6) is 0 Å². The molecule has 0 radical (unpaired) electrons. The maximum Gasteiger partial charge on any atom is 0.219 e. The van der Waals surface area contributed by atoms with E-state index in [0.29, 0.717) is 6.42 Å². The summed E-state index contributed by atoms with van der Waals surface area (Å²) in [4.78, 5) is 11.4. The molecule has 20 heavy (non-hydrogen) atoms. The summed E-state index contributed by atoms with van der Waals surface area (Å²) in [5, 5.41) is 14.5. The van der Waals surface area contributed by atoms with Gasteiger partial charge in [-0.05, 0) is 40.5 Å². The smallest absolute Gasteiger partial charge is 0.219 e. The van der Waals surface area contributed by atoms with Gasteiger partial charge in [0.05, 0.1) is 0 Å². The summed E-state index contributed by atoms with van der Waals surface area (Å²) < 4.78 is 0. The van der Waals surface area contributed by atoms with Crippen LogP contribution in [0.3, 0.4) is 0 Å². The Balaban J connectivity index is 0. The van der Waals surface area contributed by atoms with Gasteiger partial charge in [0.15, 0.2) is 0 Å². The Bertz CT molecular complexity index is 258. The second-order valence-electron chi connectivity index (χ2n) is 5.96. The molecule has 0 spiro atoms. The van der Waals surface area contributed by atoms with Gasteiger partial charge >= 0.3 is 0 Å². The van der Waals surface area contributed by atoms with Crippen molar-refractivity contribution < 1.29 is 10.0 Å². The normalized spacial score (nSPS) is 20.9. The number of amides is 1. The van der Waals surface area contributed by atoms with E-state index in [2.05, 4.69) is 5.32 Å². The fourth-order valence-electron chi connectivity index (χ4n) is 2.70. The zero-order valence-corrected chi connectivity index (χ0v) is 15.0. The fraction of sp³-hybridized carbons (Fsp3) is 0.938. The van der Waals surface area contributed by atoms with Gasteiger partial charge in [0.2, 0.25) is 5.91 Å². The average Bonchev–Trinajstić information content (AvgIpc) is 2.39. The SMILES string of the molecule is CC.CC.CCC(=O)NC1CC(C)(C)N(O)C(C)(C)C1. The molecule has 1 amide bonds. The number of carbonyl (C=O) groups excluding carboxylic acids is 1. The van der Waals surface area contributed by atoms with Crippen molar-refractivity contribution in [1.29, 1.82) is 0 Å². The van der Waals surface area contributed by atoms with Crippen LogP contribution >= 0.6 is 0 Å². The van der Waals surface area contributed by atoms with E-state index in [0.717, 1.165) is 12.8 Å². The number of nitrogens with zero attached hydrogens (tertiary/aromatic N) is 1. The Morgan fingerprint density at radius 2 is 1.45 bits per heavy atom. The molecule has 4 nitrogen and oxygen atoms in total. The molecule has 0 aromatic heterocycles. The lowest BCUT2D eigenvalue weighted by atomic mass is 9.79. The number of piperidine rings is 1. The van der Waals surface area contributed by atoms with E-state index < -0.39 is 0 Å². The molecule has 1 heterocycles. The summed E-state index contributed by atoms with van der Waals surface area (Å²) in [6.07, 6.45) is 2.07. The second kappa shape index (κ2) is 9.35. The molecule has 1 fully saturated rings. The largest absolute Gasteiger partial charge is 0.353 e. The van der Waals surface area contributed by atoms with E-state index in [1.165, 1.54) is 5.06 Å². The summed E-state index contributed by atoms with van der Waals surface area (Å²) in [5.74, 6) is 0.0861. The summed E-state index contributed by atoms with van der Waals surface area (Å²) >= 11 is 0. The van der Waals surface area contributed by atoms with Crippen LogP contribution in [0.25, 0.3) is 0 Å². The predicted octanol–water partition coefficient (Wildman–Crippen LogP) is 3.98. The van der Waals surface area contributed by atoms with E-state index in [1.807, 2.05) is 62.3 Å². The van der Waals surface area contributed by atoms with Crippen LogP contribution in [0.2, 0.25) is 0 Å². The van der Waals surface area contributed by atoms with Gasteiger partial charge in [-0.25, -0.2) is 0 Å². The Morgan fingerprint density at radius 1 is 1.10 bits per heavy atom. The number of nitrogens with one attached hydrogen (secondary N) is 1. The molecule has 1 saturated heterocycles. The number of hydroxylamine groups is 2. The first kappa shape index (κ1) is 21.7. The van der Waals surface area contributed by atoms with E-state index in [4.69, 9.17) is 0 Å². The lowest BCUT2D eigenvalue weighted by Crippen LogP contribution is -2.62. The van der Waals surface area contributed by atoms with Crippen molar-refractivity contribution in [1.82, 2.24) is 10.4 Å². The van der Waals surface area contributed by atoms with Crippen LogP contribution in [0.1, 0.15) is 81.6 Å². The Hall–Kier alpha value is -0.610. The van der Waals surface area contributed by atoms with Crippen LogP contribution < -0.4 is 5.32 Å². The summed E-state index contributed by atoms with van der Waals surface area (Å²) in [6.45, 7) is 17.9. The number of hydrogen-bond acceptors (Lipinski definition) is 3. The topological polar surface area (TPSA) is 52.6 Å². The maximum atomic E-state index is 11.4. The molecule has 0 unspecified atom stereocenters. The third-order valence-electron chi connectivity index (χ3n) is 3.32. The first-order valence-corrected chi connectivity index (χ1v) is 7.97. The molecule has 0 aliphatic carbocycles. The third-order valence-corrected chi connectivity index (χ3v) is 3.32. The van der Waals surface area contributed by atoms with E-state index in [9.17, 15) is 10.0 Å². The molecule has 1 aliphatic heterocycles. The first-order valence-electron chi connectivity index (χ1n) is 7.97. The highest BCUT2D eigenvalue weighted by atomic mass is 16.5. The van der Waals surface area contributed by atoms with Crippen molar-refractivity contribution in [2.24, 2.45) is 0 Å². The molecule has 0 atom stereocenters. The van der Waals surface area contributed by atoms with Crippen molar-refractivity contribution >= 4 is 5.91 Å². The van der Waals surface area contributed by atoms with Crippen LogP contribution in [-0.2, 0) is 4.79 Å². The number of rotatable bonds is 2. The molecular formula is C16H36N2O2. The molecule has 122 valence electrons. The first-order chi connectivity index (χ1) is 9.19. The minimum Gasteiger partial charge on any atom is -0.353 e. The van der Waals surface area contributed by atoms with Gasteiger partial charge in [0.1, 0.15) is 0 Å². The molecule has 0 bridgehead atoms. The van der Waals surface area contributed by atoms with E-state index in [1.54, 1.807) is 0 Å². The van der Waals surface area contributed by atoms with Gasteiger partial charge in [-0.1, -0.05) is 34.6 Å². The van der Waals surface area contributed by atoms with Crippen LogP contribution in [0.15, 0.2) is 0 Å². The Morgan fingerprint density at radius 3 is 1.75 bits per heavy atom. The van der Waals surface area contributed by atoms with Gasteiger partial charge in [-0.3, -0.25) is 4.79 Å². The third kappa shape index (κ3) is 6.23. The summed E-state index contributed by atoms with van der Waals surface area (Å²) in [7, 11) is 0. The average molecular weight is 288 g/mol. The molecule has 4 heteroatoms. The number of carbonyl (C=O) groups is 1. The standard InChI is InChI=1S/C12H24N2O2.2C2H6/c1-6-10(15)13-9-7-11(2,3)14(16)12(4,5)8-9;2*1-2/h9,16H,6-8H2,1-5H3,(H,13,15);2*1-2H3. The zero-order valence-electron chi connectivity index (χ0n) is 15.0. The van der Waals surface area contributed by atoms with Gasteiger partial charge in [0.25, 0.3) is 0 Å².